The van der Waals surface area contributed by atoms with Gasteiger partial charge in [0, 0.05) is 61.3 Å². The van der Waals surface area contributed by atoms with Crippen LogP contribution in [0, 0.1) is 11.3 Å². The predicted molar refractivity (Wildman–Crippen MR) is 153 cm³/mol. The third-order valence-corrected chi connectivity index (χ3v) is 9.40. The van der Waals surface area contributed by atoms with Crippen molar-refractivity contribution in [3.05, 3.63) is 60.3 Å². The lowest BCUT2D eigenvalue weighted by molar-refractivity contribution is -0.133. The fraction of sp³-hybridized carbons (Fsp3) is 0.469. The molecule has 2 aromatic carbocycles. The van der Waals surface area contributed by atoms with Crippen LogP contribution in [0.2, 0.25) is 0 Å². The summed E-state index contributed by atoms with van der Waals surface area (Å²) in [6, 6.07) is 17.1. The molecule has 7 heteroatoms. The molecular formula is C32H37N5O2. The van der Waals surface area contributed by atoms with E-state index >= 15 is 0 Å². The number of nitrogens with one attached hydrogen (secondary N) is 1. The lowest BCUT2D eigenvalue weighted by Gasteiger charge is -2.36. The monoisotopic (exact) mass is 523 g/mol. The number of rotatable bonds is 5. The highest BCUT2D eigenvalue weighted by Crippen LogP contribution is 2.40. The van der Waals surface area contributed by atoms with Crippen molar-refractivity contribution in [3.63, 3.8) is 0 Å². The van der Waals surface area contributed by atoms with Crippen LogP contribution < -0.4 is 0 Å². The van der Waals surface area contributed by atoms with Crippen molar-refractivity contribution in [2.45, 2.75) is 44.6 Å². The van der Waals surface area contributed by atoms with Crippen LogP contribution in [0.3, 0.4) is 0 Å². The van der Waals surface area contributed by atoms with E-state index in [1.54, 1.807) is 0 Å². The average molecular weight is 524 g/mol. The van der Waals surface area contributed by atoms with Crippen molar-refractivity contribution in [2.24, 2.45) is 16.3 Å². The first-order valence-electron chi connectivity index (χ1n) is 14.4. The number of aromatic nitrogens is 1. The van der Waals surface area contributed by atoms with Crippen molar-refractivity contribution in [3.8, 4) is 11.1 Å². The predicted octanol–water partition coefficient (Wildman–Crippen LogP) is 4.54. The quantitative estimate of drug-likeness (QED) is 0.534. The Labute approximate surface area is 229 Å². The van der Waals surface area contributed by atoms with Gasteiger partial charge in [0.2, 0.25) is 5.91 Å². The zero-order chi connectivity index (χ0) is 26.8. The van der Waals surface area contributed by atoms with Crippen molar-refractivity contribution >= 4 is 28.6 Å². The third kappa shape index (κ3) is 4.37. The molecule has 3 aliphatic heterocycles. The Morgan fingerprint density at radius 3 is 2.44 bits per heavy atom. The van der Waals surface area contributed by atoms with E-state index in [4.69, 9.17) is 4.99 Å². The van der Waals surface area contributed by atoms with E-state index in [2.05, 4.69) is 72.4 Å². The summed E-state index contributed by atoms with van der Waals surface area (Å²) in [5.74, 6) is 1.48. The zero-order valence-electron chi connectivity index (χ0n) is 22.9. The summed E-state index contributed by atoms with van der Waals surface area (Å²) in [5, 5.41) is 1.19. The Kier molecular flexibility index (Phi) is 5.70. The topological polar surface area (TPSA) is 72.0 Å². The van der Waals surface area contributed by atoms with Gasteiger partial charge in [-0.2, -0.15) is 0 Å². The minimum atomic E-state index is -0.668. The molecule has 7 nitrogen and oxygen atoms in total. The summed E-state index contributed by atoms with van der Waals surface area (Å²) < 4.78 is 0. The fourth-order valence-electron chi connectivity index (χ4n) is 6.70. The molecule has 0 radical (unpaired) electrons. The molecule has 0 bridgehead atoms. The number of piperidine rings is 1. The smallest absolute Gasteiger partial charge is 0.256 e. The minimum absolute atomic E-state index is 0.135. The molecule has 39 heavy (non-hydrogen) atoms. The van der Waals surface area contributed by atoms with Crippen LogP contribution in [0.1, 0.15) is 44.6 Å². The largest absolute Gasteiger partial charge is 0.361 e. The van der Waals surface area contributed by atoms with Gasteiger partial charge in [0.1, 0.15) is 11.4 Å². The Balaban J connectivity index is 1.18. The van der Waals surface area contributed by atoms with Gasteiger partial charge in [-0.05, 0) is 73.9 Å². The van der Waals surface area contributed by atoms with Gasteiger partial charge in [-0.15, -0.1) is 0 Å². The number of aliphatic imine (C=N–C) groups is 1. The molecular weight excluding hydrogens is 486 g/mol. The number of nitrogens with zero attached hydrogens (tertiary/aromatic N) is 4. The summed E-state index contributed by atoms with van der Waals surface area (Å²) in [6.07, 6.45) is 6.43. The Hall–Kier alpha value is -3.45. The number of amidine groups is 1. The Morgan fingerprint density at radius 1 is 0.974 bits per heavy atom. The summed E-state index contributed by atoms with van der Waals surface area (Å²) in [6.45, 7) is 6.09. The number of hydrogen-bond donors (Lipinski definition) is 1. The van der Waals surface area contributed by atoms with E-state index in [9.17, 15) is 9.59 Å². The number of carbonyl (C=O) groups excluding carboxylic acids is 2. The molecule has 4 heterocycles. The maximum atomic E-state index is 14.1. The first-order valence-corrected chi connectivity index (χ1v) is 14.4. The van der Waals surface area contributed by atoms with Gasteiger partial charge in [-0.3, -0.25) is 19.5 Å². The minimum Gasteiger partial charge on any atom is -0.361 e. The number of H-pyrrole nitrogens is 1. The molecule has 3 aromatic rings. The molecule has 1 saturated carbocycles. The molecule has 7 rings (SSSR count). The van der Waals surface area contributed by atoms with Crippen molar-refractivity contribution in [2.75, 3.05) is 39.8 Å². The van der Waals surface area contributed by atoms with Crippen LogP contribution in [0.15, 0.2) is 59.7 Å². The van der Waals surface area contributed by atoms with Gasteiger partial charge < -0.3 is 14.8 Å². The molecule has 1 aromatic heterocycles. The number of amides is 2. The number of benzene rings is 2. The number of hydrogen-bond acceptors (Lipinski definition) is 4. The van der Waals surface area contributed by atoms with Crippen LogP contribution in [-0.2, 0) is 9.59 Å². The molecule has 3 fully saturated rings. The Bertz CT molecular complexity index is 1460. The summed E-state index contributed by atoms with van der Waals surface area (Å²) >= 11 is 0. The van der Waals surface area contributed by atoms with Crippen LogP contribution >= 0.6 is 0 Å². The molecule has 1 N–H and O–H groups in total. The second kappa shape index (κ2) is 9.05. The van der Waals surface area contributed by atoms with Crippen LogP contribution in [0.25, 0.3) is 22.0 Å². The first-order chi connectivity index (χ1) is 18.8. The highest BCUT2D eigenvalue weighted by atomic mass is 16.2. The Morgan fingerprint density at radius 2 is 1.69 bits per heavy atom. The standard InChI is InChI=1S/C32H37N5O2/c1-31(12-18-36(20-31)29(38)24-7-8-24)21-37-28(34-32(30(37)39)13-16-35(2)17-14-32)23-5-3-22(4-6-23)25-9-10-27-26(19-25)11-15-33-27/h3-6,9-11,15,19,24,33H,7-8,12-14,16-18,20-21H2,1-2H3. The average Bonchev–Trinajstić information content (AvgIpc) is 3.48. The van der Waals surface area contributed by atoms with E-state index in [1.165, 1.54) is 10.9 Å². The number of fused-ring (bicyclic) bond motifs is 1. The van der Waals surface area contributed by atoms with Crippen LogP contribution in [-0.4, -0.2) is 82.6 Å². The van der Waals surface area contributed by atoms with Gasteiger partial charge in [0.25, 0.3) is 5.91 Å². The maximum Gasteiger partial charge on any atom is 0.256 e. The number of likely N-dealkylation sites (tertiary alicyclic amines) is 2. The second-order valence-electron chi connectivity index (χ2n) is 12.6. The van der Waals surface area contributed by atoms with Gasteiger partial charge in [0.15, 0.2) is 0 Å². The normalized spacial score (nSPS) is 25.2. The summed E-state index contributed by atoms with van der Waals surface area (Å²) in [4.78, 5) is 41.7. The van der Waals surface area contributed by atoms with E-state index in [1.807, 2.05) is 16.0 Å². The van der Waals surface area contributed by atoms with E-state index in [-0.39, 0.29) is 17.2 Å². The lowest BCUT2D eigenvalue weighted by Crippen LogP contribution is -2.51. The highest BCUT2D eigenvalue weighted by molar-refractivity contribution is 6.15. The molecule has 2 saturated heterocycles. The SMILES string of the molecule is CN1CCC2(CC1)N=C(c1ccc(-c3ccc4[nH]ccc4c3)cc1)N(CC1(C)CCN(C(=O)C3CC3)C1)C2=O. The molecule has 1 aliphatic carbocycles. The maximum absolute atomic E-state index is 14.1. The van der Waals surface area contributed by atoms with E-state index in [0.29, 0.717) is 12.5 Å². The first kappa shape index (κ1) is 24.6. The number of carbonyl (C=O) groups is 2. The summed E-state index contributed by atoms with van der Waals surface area (Å²) in [5.41, 5.74) is 3.62. The molecule has 2 amide bonds. The fourth-order valence-corrected chi connectivity index (χ4v) is 6.70. The summed E-state index contributed by atoms with van der Waals surface area (Å²) in [7, 11) is 2.11. The van der Waals surface area contributed by atoms with E-state index < -0.39 is 5.54 Å². The molecule has 1 spiro atoms. The molecule has 4 aliphatic rings. The van der Waals surface area contributed by atoms with Gasteiger partial charge in [0.05, 0.1) is 0 Å². The van der Waals surface area contributed by atoms with Crippen molar-refractivity contribution in [1.82, 2.24) is 19.7 Å². The van der Waals surface area contributed by atoms with Crippen molar-refractivity contribution in [1.29, 1.82) is 0 Å². The van der Waals surface area contributed by atoms with Gasteiger partial charge in [-0.25, -0.2) is 0 Å². The molecule has 1 unspecified atom stereocenters. The van der Waals surface area contributed by atoms with Gasteiger partial charge >= 0.3 is 0 Å². The van der Waals surface area contributed by atoms with E-state index in [0.717, 1.165) is 80.8 Å². The van der Waals surface area contributed by atoms with Crippen molar-refractivity contribution < 1.29 is 9.59 Å². The zero-order valence-corrected chi connectivity index (χ0v) is 22.9. The number of aromatic amines is 1. The third-order valence-electron chi connectivity index (χ3n) is 9.40. The molecule has 202 valence electrons. The highest BCUT2D eigenvalue weighted by Gasteiger charge is 2.52. The van der Waals surface area contributed by atoms with Gasteiger partial charge in [-0.1, -0.05) is 37.3 Å². The molecule has 1 atom stereocenters. The van der Waals surface area contributed by atoms with Crippen LogP contribution in [0.5, 0.6) is 0 Å². The lowest BCUT2D eigenvalue weighted by atomic mass is 9.86. The van der Waals surface area contributed by atoms with Crippen LogP contribution in [0.4, 0.5) is 0 Å². The second-order valence-corrected chi connectivity index (χ2v) is 12.6.